The number of carbonyl (C=O) groups is 1. The summed E-state index contributed by atoms with van der Waals surface area (Å²) in [6, 6.07) is 0. The average molecular weight is 234 g/mol. The summed E-state index contributed by atoms with van der Waals surface area (Å²) in [6.45, 7) is 7.05. The zero-order valence-electron chi connectivity index (χ0n) is 11.0. The number of rotatable bonds is 4. The number of carbonyl (C=O) groups excluding carboxylic acids is 1. The number of methoxy groups -OCH3 is 1. The van der Waals surface area contributed by atoms with Gasteiger partial charge in [0.05, 0.1) is 13.7 Å². The minimum absolute atomic E-state index is 0.182. The van der Waals surface area contributed by atoms with Crippen molar-refractivity contribution >= 4 is 11.9 Å². The van der Waals surface area contributed by atoms with Gasteiger partial charge in [0.1, 0.15) is 0 Å². The lowest BCUT2D eigenvalue weighted by atomic mass is 10.5. The van der Waals surface area contributed by atoms with Crippen LogP contribution < -0.4 is 16.8 Å². The van der Waals surface area contributed by atoms with E-state index in [1.165, 1.54) is 7.11 Å². The first-order valence-corrected chi connectivity index (χ1v) is 5.35. The Morgan fingerprint density at radius 1 is 1.38 bits per heavy atom. The molecule has 6 heteroatoms. The van der Waals surface area contributed by atoms with Gasteiger partial charge >= 0.3 is 5.97 Å². The Morgan fingerprint density at radius 2 is 1.88 bits per heavy atom. The summed E-state index contributed by atoms with van der Waals surface area (Å²) in [5, 5.41) is 2.64. The fourth-order valence-electron chi connectivity index (χ4n) is 0.457. The molecule has 0 rings (SSSR count). The lowest BCUT2D eigenvalue weighted by molar-refractivity contribution is -0.139. The van der Waals surface area contributed by atoms with Crippen LogP contribution in [0.2, 0.25) is 0 Å². The maximum Gasteiger partial charge on any atom is 0.319 e. The van der Waals surface area contributed by atoms with Crippen LogP contribution >= 0.6 is 0 Å². The molecule has 0 aromatic heterocycles. The molecule has 0 heterocycles. The van der Waals surface area contributed by atoms with Crippen molar-refractivity contribution in [3.63, 3.8) is 0 Å². The molecule has 0 unspecified atom stereocenters. The Hall–Kier alpha value is -1.30. The molecule has 0 bridgehead atoms. The maximum absolute atomic E-state index is 10.1. The van der Waals surface area contributed by atoms with E-state index in [1.54, 1.807) is 7.05 Å². The van der Waals surface area contributed by atoms with Crippen molar-refractivity contribution in [2.75, 3.05) is 27.2 Å². The molecule has 0 saturated carbocycles. The molecule has 0 saturated heterocycles. The number of ether oxygens (including phenoxy) is 1. The molecule has 6 nitrogen and oxygen atoms in total. The number of nitrogens with zero attached hydrogens (tertiary/aromatic N) is 1. The molecule has 0 aromatic rings. The van der Waals surface area contributed by atoms with Crippen molar-refractivity contribution in [1.82, 2.24) is 5.32 Å². The maximum atomic E-state index is 10.1. The summed E-state index contributed by atoms with van der Waals surface area (Å²) < 4.78 is 4.29. The van der Waals surface area contributed by atoms with Crippen molar-refractivity contribution in [3.8, 4) is 0 Å². The van der Waals surface area contributed by atoms with Crippen LogP contribution in [0.15, 0.2) is 4.99 Å². The average Bonchev–Trinajstić information content (AvgIpc) is 2.30. The van der Waals surface area contributed by atoms with Gasteiger partial charge in [-0.25, -0.2) is 0 Å². The number of hydrogen-bond acceptors (Lipinski definition) is 4. The molecule has 0 fully saturated rings. The van der Waals surface area contributed by atoms with Crippen molar-refractivity contribution in [3.05, 3.63) is 0 Å². The zero-order chi connectivity index (χ0) is 13.4. The second-order valence-corrected chi connectivity index (χ2v) is 2.41. The lowest BCUT2D eigenvalue weighted by Crippen LogP contribution is -2.22. The van der Waals surface area contributed by atoms with E-state index in [1.807, 2.05) is 20.8 Å². The summed E-state index contributed by atoms with van der Waals surface area (Å²) in [5.74, 6) is -0.0515. The van der Waals surface area contributed by atoms with E-state index in [0.29, 0.717) is 0 Å². The molecule has 0 aromatic carbocycles. The number of guanidine groups is 1. The number of nitrogens with one attached hydrogen (secondary N) is 1. The van der Waals surface area contributed by atoms with E-state index < -0.39 is 0 Å². The third kappa shape index (κ3) is 29.3. The predicted molar refractivity (Wildman–Crippen MR) is 68.3 cm³/mol. The van der Waals surface area contributed by atoms with Gasteiger partial charge in [-0.2, -0.15) is 0 Å². The lowest BCUT2D eigenvalue weighted by Gasteiger charge is -1.93. The second-order valence-electron chi connectivity index (χ2n) is 2.41. The van der Waals surface area contributed by atoms with Crippen LogP contribution in [-0.4, -0.2) is 39.2 Å². The molecule has 0 aliphatic carbocycles. The van der Waals surface area contributed by atoms with Gasteiger partial charge in [-0.3, -0.25) is 9.79 Å². The van der Waals surface area contributed by atoms with E-state index >= 15 is 0 Å². The highest BCUT2D eigenvalue weighted by Gasteiger charge is 1.91. The standard InChI is InChI=1S/C4H11N3.C4H9NO2.C2H6/c1-2-3-7-4(5)6;1-5-3-4(6)7-2;1-2/h2-3H2,1H3,(H4,5,6,7);5H,3H2,1-2H3;1-2H3. The molecule has 0 atom stereocenters. The highest BCUT2D eigenvalue weighted by molar-refractivity contribution is 5.75. The Labute approximate surface area is 98.4 Å². The molecule has 0 amide bonds. The van der Waals surface area contributed by atoms with Crippen LogP contribution in [0.1, 0.15) is 27.2 Å². The van der Waals surface area contributed by atoms with E-state index in [2.05, 4.69) is 15.0 Å². The second kappa shape index (κ2) is 19.3. The smallest absolute Gasteiger partial charge is 0.319 e. The summed E-state index contributed by atoms with van der Waals surface area (Å²) >= 11 is 0. The van der Waals surface area contributed by atoms with Gasteiger partial charge < -0.3 is 21.5 Å². The molecular weight excluding hydrogens is 208 g/mol. The number of aliphatic imine (C=N–C) groups is 1. The zero-order valence-corrected chi connectivity index (χ0v) is 11.0. The Kier molecular flexibility index (Phi) is 24.3. The van der Waals surface area contributed by atoms with E-state index in [4.69, 9.17) is 11.5 Å². The van der Waals surface area contributed by atoms with E-state index in [-0.39, 0.29) is 18.5 Å². The van der Waals surface area contributed by atoms with Crippen LogP contribution in [-0.2, 0) is 9.53 Å². The highest BCUT2D eigenvalue weighted by atomic mass is 16.5. The predicted octanol–water partition coefficient (Wildman–Crippen LogP) is 0.0748. The van der Waals surface area contributed by atoms with Gasteiger partial charge in [-0.15, -0.1) is 0 Å². The van der Waals surface area contributed by atoms with Gasteiger partial charge in [-0.1, -0.05) is 20.8 Å². The largest absolute Gasteiger partial charge is 0.468 e. The number of esters is 1. The summed E-state index contributed by atoms with van der Waals surface area (Å²) in [4.78, 5) is 13.8. The molecule has 16 heavy (non-hydrogen) atoms. The van der Waals surface area contributed by atoms with Gasteiger partial charge in [-0.05, 0) is 13.5 Å². The van der Waals surface area contributed by atoms with Gasteiger partial charge in [0.2, 0.25) is 0 Å². The molecule has 0 spiro atoms. The molecule has 98 valence electrons. The van der Waals surface area contributed by atoms with Crippen LogP contribution in [0.5, 0.6) is 0 Å². The first-order valence-electron chi connectivity index (χ1n) is 5.35. The summed E-state index contributed by atoms with van der Waals surface area (Å²) in [7, 11) is 3.05. The summed E-state index contributed by atoms with van der Waals surface area (Å²) in [5.41, 5.74) is 10.0. The number of likely N-dealkylation sites (N-methyl/N-ethyl adjacent to an activating group) is 1. The first kappa shape index (κ1) is 20.2. The Bertz CT molecular complexity index is 168. The van der Waals surface area contributed by atoms with E-state index in [9.17, 15) is 4.79 Å². The van der Waals surface area contributed by atoms with Crippen LogP contribution in [0, 0.1) is 0 Å². The quantitative estimate of drug-likeness (QED) is 0.363. The fraction of sp³-hybridized carbons (Fsp3) is 0.800. The van der Waals surface area contributed by atoms with Crippen molar-refractivity contribution in [2.24, 2.45) is 16.5 Å². The van der Waals surface area contributed by atoms with Crippen molar-refractivity contribution in [2.45, 2.75) is 27.2 Å². The molecular formula is C10H26N4O2. The molecule has 5 N–H and O–H groups in total. The van der Waals surface area contributed by atoms with Crippen LogP contribution in [0.25, 0.3) is 0 Å². The van der Waals surface area contributed by atoms with E-state index in [0.717, 1.165) is 13.0 Å². The highest BCUT2D eigenvalue weighted by Crippen LogP contribution is 1.73. The van der Waals surface area contributed by atoms with Crippen LogP contribution in [0.3, 0.4) is 0 Å². The Balaban J connectivity index is -0.000000183. The normalized spacial score (nSPS) is 7.56. The molecule has 0 radical (unpaired) electrons. The topological polar surface area (TPSA) is 103 Å². The Morgan fingerprint density at radius 3 is 2.00 bits per heavy atom. The minimum atomic E-state index is -0.234. The van der Waals surface area contributed by atoms with Crippen molar-refractivity contribution in [1.29, 1.82) is 0 Å². The van der Waals surface area contributed by atoms with Gasteiger partial charge in [0, 0.05) is 6.54 Å². The third-order valence-electron chi connectivity index (χ3n) is 1.07. The number of nitrogens with two attached hydrogens (primary N) is 2. The summed E-state index contributed by atoms with van der Waals surface area (Å²) in [6.07, 6.45) is 0.998. The van der Waals surface area contributed by atoms with Crippen LogP contribution in [0.4, 0.5) is 0 Å². The SMILES string of the molecule is CC.CCCN=C(N)N.CNCC(=O)OC. The minimum Gasteiger partial charge on any atom is -0.468 e. The fourth-order valence-corrected chi connectivity index (χ4v) is 0.457. The monoisotopic (exact) mass is 234 g/mol. The first-order chi connectivity index (χ1) is 7.58. The van der Waals surface area contributed by atoms with Gasteiger partial charge in [0.25, 0.3) is 0 Å². The third-order valence-corrected chi connectivity index (χ3v) is 1.07. The molecule has 0 aliphatic rings. The van der Waals surface area contributed by atoms with Crippen molar-refractivity contribution < 1.29 is 9.53 Å². The van der Waals surface area contributed by atoms with Gasteiger partial charge in [0.15, 0.2) is 5.96 Å². The molecule has 0 aliphatic heterocycles. The number of hydrogen-bond donors (Lipinski definition) is 3.